The van der Waals surface area contributed by atoms with Crippen molar-refractivity contribution in [2.45, 2.75) is 12.5 Å². The van der Waals surface area contributed by atoms with Gasteiger partial charge in [0, 0.05) is 27.4 Å². The summed E-state index contributed by atoms with van der Waals surface area (Å²) in [4.78, 5) is 30.2. The van der Waals surface area contributed by atoms with E-state index in [-0.39, 0.29) is 17.2 Å². The van der Waals surface area contributed by atoms with Crippen molar-refractivity contribution in [3.05, 3.63) is 127 Å². The van der Waals surface area contributed by atoms with Gasteiger partial charge in [-0.3, -0.25) is 9.59 Å². The Morgan fingerprint density at radius 2 is 1.65 bits per heavy atom. The minimum absolute atomic E-state index is 0.164. The van der Waals surface area contributed by atoms with Crippen LogP contribution in [0.1, 0.15) is 34.1 Å². The standard InChI is InChI=1S/C29H19Br2N3O3/c30-19-11-12-21-20(15-19)26(18-9-5-2-6-10-18)27(28(35)32-21)22-16-23(17-7-3-1-4-8-17)34(33-22)29(36)24-13-14-25(31)37-24/h1-15,23H,16H2,(H,32,35). The maximum absolute atomic E-state index is 13.6. The number of aromatic amines is 1. The highest BCUT2D eigenvalue weighted by Crippen LogP contribution is 2.38. The van der Waals surface area contributed by atoms with Crippen LogP contribution in [0.5, 0.6) is 0 Å². The summed E-state index contributed by atoms with van der Waals surface area (Å²) in [5.74, 6) is -0.215. The third-order valence-corrected chi connectivity index (χ3v) is 7.33. The number of furan rings is 1. The molecule has 0 radical (unpaired) electrons. The molecule has 37 heavy (non-hydrogen) atoms. The van der Waals surface area contributed by atoms with E-state index in [1.54, 1.807) is 12.1 Å². The number of nitrogens with one attached hydrogen (secondary N) is 1. The molecule has 1 aliphatic rings. The lowest BCUT2D eigenvalue weighted by Gasteiger charge is -2.21. The molecule has 1 N–H and O–H groups in total. The molecule has 182 valence electrons. The van der Waals surface area contributed by atoms with Crippen molar-refractivity contribution in [3.8, 4) is 11.1 Å². The molecule has 6 nitrogen and oxygen atoms in total. The Kier molecular flexibility index (Phi) is 6.14. The lowest BCUT2D eigenvalue weighted by Crippen LogP contribution is -2.26. The number of aromatic nitrogens is 1. The van der Waals surface area contributed by atoms with Gasteiger partial charge in [-0.25, -0.2) is 5.01 Å². The van der Waals surface area contributed by atoms with E-state index in [0.717, 1.165) is 32.1 Å². The fourth-order valence-electron chi connectivity index (χ4n) is 4.77. The first kappa shape index (κ1) is 23.6. The Balaban J connectivity index is 1.57. The summed E-state index contributed by atoms with van der Waals surface area (Å²) < 4.78 is 6.90. The molecule has 6 rings (SSSR count). The number of pyridine rings is 1. The number of nitrogens with zero attached hydrogens (tertiary/aromatic N) is 2. The average molecular weight is 617 g/mol. The van der Waals surface area contributed by atoms with Gasteiger partial charge in [-0.2, -0.15) is 5.10 Å². The van der Waals surface area contributed by atoms with Crippen molar-refractivity contribution in [2.75, 3.05) is 0 Å². The summed E-state index contributed by atoms with van der Waals surface area (Å²) in [5.41, 5.74) is 4.05. The van der Waals surface area contributed by atoms with Crippen LogP contribution in [0.2, 0.25) is 0 Å². The molecule has 2 aromatic heterocycles. The number of carbonyl (C=O) groups excluding carboxylic acids is 1. The van der Waals surface area contributed by atoms with E-state index in [2.05, 4.69) is 36.8 Å². The molecular weight excluding hydrogens is 598 g/mol. The van der Waals surface area contributed by atoms with Crippen LogP contribution in [0.25, 0.3) is 22.0 Å². The number of H-pyrrole nitrogens is 1. The van der Waals surface area contributed by atoms with Gasteiger partial charge >= 0.3 is 5.91 Å². The van der Waals surface area contributed by atoms with E-state index in [1.165, 1.54) is 5.01 Å². The van der Waals surface area contributed by atoms with Crippen molar-refractivity contribution in [1.82, 2.24) is 9.99 Å². The van der Waals surface area contributed by atoms with Gasteiger partial charge in [0.2, 0.25) is 0 Å². The predicted octanol–water partition coefficient (Wildman–Crippen LogP) is 7.30. The lowest BCUT2D eigenvalue weighted by atomic mass is 9.91. The summed E-state index contributed by atoms with van der Waals surface area (Å²) in [6.45, 7) is 0. The van der Waals surface area contributed by atoms with Gasteiger partial charge in [-0.05, 0) is 57.4 Å². The molecule has 1 aliphatic heterocycles. The van der Waals surface area contributed by atoms with Gasteiger partial charge in [0.05, 0.1) is 17.3 Å². The Labute approximate surface area is 228 Å². The summed E-state index contributed by atoms with van der Waals surface area (Å²) in [5, 5.41) is 7.08. The zero-order valence-electron chi connectivity index (χ0n) is 19.3. The smallest absolute Gasteiger partial charge is 0.310 e. The molecule has 0 saturated heterocycles. The van der Waals surface area contributed by atoms with E-state index in [4.69, 9.17) is 9.52 Å². The molecule has 3 aromatic carbocycles. The van der Waals surface area contributed by atoms with Gasteiger partial charge < -0.3 is 9.40 Å². The minimum atomic E-state index is -0.395. The Bertz CT molecular complexity index is 1730. The van der Waals surface area contributed by atoms with Crippen molar-refractivity contribution in [1.29, 1.82) is 0 Å². The van der Waals surface area contributed by atoms with Crippen LogP contribution in [0.3, 0.4) is 0 Å². The molecule has 0 aliphatic carbocycles. The quantitative estimate of drug-likeness (QED) is 0.230. The fourth-order valence-corrected chi connectivity index (χ4v) is 5.44. The molecule has 1 amide bonds. The number of halogens is 2. The van der Waals surface area contributed by atoms with Crippen LogP contribution in [-0.2, 0) is 0 Å². The van der Waals surface area contributed by atoms with Crippen LogP contribution in [0.15, 0.2) is 114 Å². The minimum Gasteiger partial charge on any atom is -0.444 e. The van der Waals surface area contributed by atoms with Crippen LogP contribution >= 0.6 is 31.9 Å². The average Bonchev–Trinajstić information content (AvgIpc) is 3.55. The third kappa shape index (κ3) is 4.36. The van der Waals surface area contributed by atoms with Gasteiger partial charge in [0.15, 0.2) is 10.4 Å². The van der Waals surface area contributed by atoms with Crippen molar-refractivity contribution < 1.29 is 9.21 Å². The van der Waals surface area contributed by atoms with E-state index < -0.39 is 6.04 Å². The number of hydrazone groups is 1. The van der Waals surface area contributed by atoms with E-state index in [0.29, 0.717) is 22.4 Å². The third-order valence-electron chi connectivity index (χ3n) is 6.41. The fraction of sp³-hybridized carbons (Fsp3) is 0.0690. The highest BCUT2D eigenvalue weighted by atomic mass is 79.9. The number of hydrogen-bond donors (Lipinski definition) is 1. The van der Waals surface area contributed by atoms with E-state index in [9.17, 15) is 9.59 Å². The second kappa shape index (κ2) is 9.61. The first-order valence-corrected chi connectivity index (χ1v) is 13.2. The second-order valence-electron chi connectivity index (χ2n) is 8.69. The molecule has 5 aromatic rings. The van der Waals surface area contributed by atoms with Crippen LogP contribution in [0, 0.1) is 0 Å². The molecule has 1 unspecified atom stereocenters. The maximum Gasteiger partial charge on any atom is 0.310 e. The van der Waals surface area contributed by atoms with Crippen LogP contribution in [-0.4, -0.2) is 21.6 Å². The van der Waals surface area contributed by atoms with Gasteiger partial charge in [-0.15, -0.1) is 0 Å². The van der Waals surface area contributed by atoms with Gasteiger partial charge in [-0.1, -0.05) is 76.6 Å². The van der Waals surface area contributed by atoms with E-state index >= 15 is 0 Å². The summed E-state index contributed by atoms with van der Waals surface area (Å²) in [6.07, 6.45) is 0.375. The first-order chi connectivity index (χ1) is 18.0. The summed E-state index contributed by atoms with van der Waals surface area (Å²) in [7, 11) is 0. The largest absolute Gasteiger partial charge is 0.444 e. The summed E-state index contributed by atoms with van der Waals surface area (Å²) in [6, 6.07) is 28.1. The molecular formula is C29H19Br2N3O3. The van der Waals surface area contributed by atoms with Crippen molar-refractivity contribution in [2.24, 2.45) is 5.10 Å². The Morgan fingerprint density at radius 3 is 2.35 bits per heavy atom. The monoisotopic (exact) mass is 615 g/mol. The normalized spacial score (nSPS) is 15.2. The highest BCUT2D eigenvalue weighted by Gasteiger charge is 2.36. The topological polar surface area (TPSA) is 78.7 Å². The number of carbonyl (C=O) groups is 1. The number of benzene rings is 3. The molecule has 0 saturated carbocycles. The molecule has 0 bridgehead atoms. The zero-order chi connectivity index (χ0) is 25.5. The highest BCUT2D eigenvalue weighted by molar-refractivity contribution is 9.10. The zero-order valence-corrected chi connectivity index (χ0v) is 22.5. The number of hydrogen-bond acceptors (Lipinski definition) is 4. The van der Waals surface area contributed by atoms with Crippen LogP contribution < -0.4 is 5.56 Å². The number of fused-ring (bicyclic) bond motifs is 1. The lowest BCUT2D eigenvalue weighted by molar-refractivity contribution is 0.0677. The number of rotatable bonds is 4. The first-order valence-electron chi connectivity index (χ1n) is 11.6. The van der Waals surface area contributed by atoms with Crippen LogP contribution in [0.4, 0.5) is 0 Å². The van der Waals surface area contributed by atoms with Crippen molar-refractivity contribution >= 4 is 54.4 Å². The molecule has 0 spiro atoms. The maximum atomic E-state index is 13.6. The number of amides is 1. The molecule has 1 atom stereocenters. The summed E-state index contributed by atoms with van der Waals surface area (Å²) >= 11 is 6.84. The SMILES string of the molecule is O=C(c1ccc(Br)o1)N1N=C(c2c(-c3ccccc3)c3cc(Br)ccc3[nH]c2=O)CC1c1ccccc1. The van der Waals surface area contributed by atoms with Crippen molar-refractivity contribution in [3.63, 3.8) is 0 Å². The predicted molar refractivity (Wildman–Crippen MR) is 151 cm³/mol. The molecule has 3 heterocycles. The van der Waals surface area contributed by atoms with E-state index in [1.807, 2.05) is 78.9 Å². The van der Waals surface area contributed by atoms with Gasteiger partial charge in [0.25, 0.3) is 5.56 Å². The Morgan fingerprint density at radius 1 is 0.919 bits per heavy atom. The Hall–Kier alpha value is -3.75. The molecule has 8 heteroatoms. The van der Waals surface area contributed by atoms with Gasteiger partial charge in [0.1, 0.15) is 0 Å². The second-order valence-corrected chi connectivity index (χ2v) is 10.4. The molecule has 0 fully saturated rings.